The molecule has 0 radical (unpaired) electrons. The van der Waals surface area contributed by atoms with E-state index in [1.54, 1.807) is 19.1 Å². The number of benzene rings is 2. The second kappa shape index (κ2) is 7.96. The second-order valence-corrected chi connectivity index (χ2v) is 6.70. The predicted octanol–water partition coefficient (Wildman–Crippen LogP) is 3.90. The van der Waals surface area contributed by atoms with Gasteiger partial charge in [0.1, 0.15) is 5.82 Å². The molecule has 138 valence electrons. The van der Waals surface area contributed by atoms with E-state index >= 15 is 0 Å². The van der Waals surface area contributed by atoms with Gasteiger partial charge in [-0.3, -0.25) is 14.9 Å². The van der Waals surface area contributed by atoms with Crippen molar-refractivity contribution in [2.24, 2.45) is 0 Å². The highest BCUT2D eigenvalue weighted by atomic mass is 32.2. The molecule has 0 saturated carbocycles. The Labute approximate surface area is 156 Å². The van der Waals surface area contributed by atoms with Crippen molar-refractivity contribution >= 4 is 29.0 Å². The Balaban J connectivity index is 1.68. The first-order valence-electron chi connectivity index (χ1n) is 7.74. The Kier molecular flexibility index (Phi) is 5.46. The van der Waals surface area contributed by atoms with Gasteiger partial charge < -0.3 is 9.73 Å². The molecule has 0 unspecified atom stereocenters. The summed E-state index contributed by atoms with van der Waals surface area (Å²) in [6.07, 6.45) is 0. The van der Waals surface area contributed by atoms with Crippen molar-refractivity contribution in [1.29, 1.82) is 0 Å². The lowest BCUT2D eigenvalue weighted by Gasteiger charge is -2.10. The first-order valence-corrected chi connectivity index (χ1v) is 8.62. The average molecular weight is 388 g/mol. The van der Waals surface area contributed by atoms with E-state index in [9.17, 15) is 19.3 Å². The van der Waals surface area contributed by atoms with Crippen LogP contribution in [0.15, 0.2) is 58.2 Å². The fourth-order valence-electron chi connectivity index (χ4n) is 2.13. The summed E-state index contributed by atoms with van der Waals surface area (Å²) < 4.78 is 19.1. The van der Waals surface area contributed by atoms with Crippen LogP contribution in [-0.4, -0.2) is 26.3 Å². The van der Waals surface area contributed by atoms with Crippen LogP contribution in [0, 0.1) is 15.9 Å². The average Bonchev–Trinajstić information content (AvgIpc) is 3.12. The number of thioether (sulfide) groups is 1. The van der Waals surface area contributed by atoms with Gasteiger partial charge in [-0.05, 0) is 25.1 Å². The molecular formula is C17H13FN4O4S. The number of hydrogen-bond acceptors (Lipinski definition) is 7. The first-order chi connectivity index (χ1) is 12.9. The molecule has 0 bridgehead atoms. The number of non-ortho nitro benzene ring substituents is 1. The van der Waals surface area contributed by atoms with Gasteiger partial charge in [-0.1, -0.05) is 30.0 Å². The van der Waals surface area contributed by atoms with Crippen LogP contribution in [0.4, 0.5) is 15.8 Å². The number of carbonyl (C=O) groups excluding carboxylic acids is 1. The molecule has 0 fully saturated rings. The lowest BCUT2D eigenvalue weighted by molar-refractivity contribution is -0.384. The van der Waals surface area contributed by atoms with Crippen LogP contribution in [-0.2, 0) is 4.79 Å². The number of amides is 1. The van der Waals surface area contributed by atoms with E-state index in [0.717, 1.165) is 11.8 Å². The molecule has 2 aromatic carbocycles. The molecule has 1 N–H and O–H groups in total. The highest BCUT2D eigenvalue weighted by Gasteiger charge is 2.20. The van der Waals surface area contributed by atoms with E-state index in [1.807, 2.05) is 0 Å². The Morgan fingerprint density at radius 2 is 2.04 bits per heavy atom. The molecule has 1 amide bonds. The molecule has 0 aliphatic heterocycles. The fourth-order valence-corrected chi connectivity index (χ4v) is 2.81. The Bertz CT molecular complexity index is 994. The normalized spacial score (nSPS) is 11.8. The minimum absolute atomic E-state index is 0.0813. The largest absolute Gasteiger partial charge is 0.411 e. The lowest BCUT2D eigenvalue weighted by Crippen LogP contribution is -2.22. The summed E-state index contributed by atoms with van der Waals surface area (Å²) in [5.41, 5.74) is 0.377. The van der Waals surface area contributed by atoms with Gasteiger partial charge in [0.2, 0.25) is 11.8 Å². The highest BCUT2D eigenvalue weighted by Crippen LogP contribution is 2.28. The van der Waals surface area contributed by atoms with Gasteiger partial charge in [0, 0.05) is 17.7 Å². The molecule has 1 atom stereocenters. The maximum atomic E-state index is 13.6. The van der Waals surface area contributed by atoms with E-state index in [4.69, 9.17) is 4.42 Å². The molecule has 10 heteroatoms. The van der Waals surface area contributed by atoms with Crippen LogP contribution in [0.5, 0.6) is 0 Å². The topological polar surface area (TPSA) is 111 Å². The van der Waals surface area contributed by atoms with E-state index in [1.165, 1.54) is 36.4 Å². The highest BCUT2D eigenvalue weighted by molar-refractivity contribution is 8.00. The zero-order chi connectivity index (χ0) is 19.4. The number of nitrogens with one attached hydrogen (secondary N) is 1. The van der Waals surface area contributed by atoms with Crippen molar-refractivity contribution in [3.63, 3.8) is 0 Å². The summed E-state index contributed by atoms with van der Waals surface area (Å²) in [5, 5.41) is 20.5. The standard InChI is InChI=1S/C17H13FN4O4S/c1-10(15(23)19-14-8-3-2-7-13(14)18)27-17-21-20-16(26-17)11-5-4-6-12(9-11)22(24)25/h2-10H,1H3,(H,19,23)/t10-/m1/s1. The van der Waals surface area contributed by atoms with Crippen LogP contribution in [0.3, 0.4) is 0 Å². The molecule has 3 aromatic rings. The maximum absolute atomic E-state index is 13.6. The summed E-state index contributed by atoms with van der Waals surface area (Å²) in [4.78, 5) is 22.5. The fraction of sp³-hybridized carbons (Fsp3) is 0.118. The molecule has 27 heavy (non-hydrogen) atoms. The van der Waals surface area contributed by atoms with Crippen molar-refractivity contribution in [3.05, 3.63) is 64.5 Å². The van der Waals surface area contributed by atoms with Gasteiger partial charge in [0.15, 0.2) is 0 Å². The number of nitro benzene ring substituents is 1. The molecule has 1 heterocycles. The second-order valence-electron chi connectivity index (χ2n) is 5.41. The number of hydrogen-bond donors (Lipinski definition) is 1. The van der Waals surface area contributed by atoms with E-state index in [2.05, 4.69) is 15.5 Å². The Morgan fingerprint density at radius 1 is 1.26 bits per heavy atom. The van der Waals surface area contributed by atoms with Gasteiger partial charge in [-0.15, -0.1) is 10.2 Å². The van der Waals surface area contributed by atoms with E-state index < -0.39 is 21.9 Å². The van der Waals surface area contributed by atoms with Gasteiger partial charge in [0.25, 0.3) is 10.9 Å². The van der Waals surface area contributed by atoms with Crippen molar-refractivity contribution in [2.45, 2.75) is 17.4 Å². The van der Waals surface area contributed by atoms with Crippen LogP contribution in [0.1, 0.15) is 6.92 Å². The molecule has 0 aliphatic carbocycles. The van der Waals surface area contributed by atoms with Crippen molar-refractivity contribution in [3.8, 4) is 11.5 Å². The summed E-state index contributed by atoms with van der Waals surface area (Å²) >= 11 is 0.994. The smallest absolute Gasteiger partial charge is 0.277 e. The van der Waals surface area contributed by atoms with E-state index in [0.29, 0.717) is 5.56 Å². The molecule has 3 rings (SSSR count). The predicted molar refractivity (Wildman–Crippen MR) is 96.7 cm³/mol. The summed E-state index contributed by atoms with van der Waals surface area (Å²) in [7, 11) is 0. The number of halogens is 1. The number of aromatic nitrogens is 2. The number of carbonyl (C=O) groups is 1. The van der Waals surface area contributed by atoms with Crippen molar-refractivity contribution in [2.75, 3.05) is 5.32 Å². The Hall–Kier alpha value is -3.27. The minimum atomic E-state index is -0.636. The van der Waals surface area contributed by atoms with Crippen LogP contribution >= 0.6 is 11.8 Å². The molecule has 0 saturated heterocycles. The summed E-state index contributed by atoms with van der Waals surface area (Å²) in [6, 6.07) is 11.6. The third-order valence-electron chi connectivity index (χ3n) is 3.49. The maximum Gasteiger partial charge on any atom is 0.277 e. The summed E-state index contributed by atoms with van der Waals surface area (Å²) in [5.74, 6) is -0.864. The first kappa shape index (κ1) is 18.5. The van der Waals surface area contributed by atoms with Crippen LogP contribution in [0.25, 0.3) is 11.5 Å². The molecule has 0 spiro atoms. The van der Waals surface area contributed by atoms with Crippen LogP contribution in [0.2, 0.25) is 0 Å². The summed E-state index contributed by atoms with van der Waals surface area (Å²) in [6.45, 7) is 1.61. The third kappa shape index (κ3) is 4.47. The zero-order valence-corrected chi connectivity index (χ0v) is 14.8. The van der Waals surface area contributed by atoms with Gasteiger partial charge in [-0.2, -0.15) is 0 Å². The van der Waals surface area contributed by atoms with Crippen molar-refractivity contribution in [1.82, 2.24) is 10.2 Å². The van der Waals surface area contributed by atoms with Gasteiger partial charge in [0.05, 0.1) is 15.9 Å². The molecule has 0 aliphatic rings. The van der Waals surface area contributed by atoms with E-state index in [-0.39, 0.29) is 22.5 Å². The number of nitrogens with zero attached hydrogens (tertiary/aromatic N) is 3. The minimum Gasteiger partial charge on any atom is -0.411 e. The SMILES string of the molecule is C[C@@H](Sc1nnc(-c2cccc([N+](=O)[O-])c2)o1)C(=O)Nc1ccccc1F. The molecule has 1 aromatic heterocycles. The van der Waals surface area contributed by atoms with Gasteiger partial charge in [-0.25, -0.2) is 4.39 Å². The monoisotopic (exact) mass is 388 g/mol. The quantitative estimate of drug-likeness (QED) is 0.387. The zero-order valence-electron chi connectivity index (χ0n) is 14.0. The third-order valence-corrected chi connectivity index (χ3v) is 4.42. The molecular weight excluding hydrogens is 375 g/mol. The number of rotatable bonds is 6. The molecule has 8 nitrogen and oxygen atoms in total. The van der Waals surface area contributed by atoms with Gasteiger partial charge >= 0.3 is 0 Å². The van der Waals surface area contributed by atoms with Crippen LogP contribution < -0.4 is 5.32 Å². The number of para-hydroxylation sites is 1. The number of nitro groups is 1. The Morgan fingerprint density at radius 3 is 2.78 bits per heavy atom. The van der Waals surface area contributed by atoms with Crippen molar-refractivity contribution < 1.29 is 18.5 Å². The lowest BCUT2D eigenvalue weighted by atomic mass is 10.2. The number of anilines is 1.